The molecular weight excluding hydrogens is 310 g/mol. The van der Waals surface area contributed by atoms with Crippen molar-refractivity contribution in [3.63, 3.8) is 0 Å². The first-order valence-electron chi connectivity index (χ1n) is 9.68. The molecule has 3 nitrogen and oxygen atoms in total. The molecule has 1 aromatic carbocycles. The number of esters is 1. The van der Waals surface area contributed by atoms with Crippen LogP contribution in [0.3, 0.4) is 0 Å². The molecule has 0 bridgehead atoms. The summed E-state index contributed by atoms with van der Waals surface area (Å²) in [6.07, 6.45) is 7.72. The van der Waals surface area contributed by atoms with Crippen LogP contribution in [0.2, 0.25) is 0 Å². The Morgan fingerprint density at radius 3 is 2.12 bits per heavy atom. The van der Waals surface area contributed by atoms with Gasteiger partial charge in [-0.2, -0.15) is 0 Å². The van der Waals surface area contributed by atoms with Gasteiger partial charge in [-0.05, 0) is 58.7 Å². The lowest BCUT2D eigenvalue weighted by Crippen LogP contribution is -2.30. The first-order valence-corrected chi connectivity index (χ1v) is 9.68. The number of ether oxygens (including phenoxy) is 1. The molecule has 0 saturated heterocycles. The summed E-state index contributed by atoms with van der Waals surface area (Å²) in [5, 5.41) is 3.62. The van der Waals surface area contributed by atoms with Crippen molar-refractivity contribution >= 4 is 11.7 Å². The van der Waals surface area contributed by atoms with Gasteiger partial charge in [0.25, 0.3) is 0 Å². The molecule has 25 heavy (non-hydrogen) atoms. The quantitative estimate of drug-likeness (QED) is 0.397. The van der Waals surface area contributed by atoms with E-state index in [0.717, 1.165) is 11.3 Å². The van der Waals surface area contributed by atoms with Crippen LogP contribution < -0.4 is 5.32 Å². The van der Waals surface area contributed by atoms with Gasteiger partial charge in [-0.25, -0.2) is 0 Å². The molecule has 0 atom stereocenters. The number of anilines is 1. The van der Waals surface area contributed by atoms with Gasteiger partial charge < -0.3 is 10.1 Å². The van der Waals surface area contributed by atoms with Crippen molar-refractivity contribution in [1.29, 1.82) is 0 Å². The number of hydrogen-bond acceptors (Lipinski definition) is 3. The number of nitrogens with one attached hydrogen (secondary N) is 1. The molecule has 0 amide bonds. The first kappa shape index (κ1) is 21.5. The average Bonchev–Trinajstić information content (AvgIpc) is 2.52. The van der Waals surface area contributed by atoms with E-state index >= 15 is 0 Å². The van der Waals surface area contributed by atoms with Gasteiger partial charge in [0.15, 0.2) is 0 Å². The summed E-state index contributed by atoms with van der Waals surface area (Å²) >= 11 is 0. The van der Waals surface area contributed by atoms with Crippen LogP contribution in [0.15, 0.2) is 24.3 Å². The second kappa shape index (κ2) is 9.84. The summed E-state index contributed by atoms with van der Waals surface area (Å²) < 4.78 is 5.36. The average molecular weight is 348 g/mol. The van der Waals surface area contributed by atoms with Crippen LogP contribution in [0.1, 0.15) is 85.6 Å². The van der Waals surface area contributed by atoms with Gasteiger partial charge in [0.2, 0.25) is 0 Å². The third-order valence-electron chi connectivity index (χ3n) is 4.32. The largest absolute Gasteiger partial charge is 0.460 e. The maximum atomic E-state index is 11.8. The number of unbranched alkanes of at least 4 members (excludes halogenated alkanes) is 4. The van der Waals surface area contributed by atoms with E-state index in [-0.39, 0.29) is 11.5 Å². The highest BCUT2D eigenvalue weighted by atomic mass is 16.5. The van der Waals surface area contributed by atoms with E-state index in [9.17, 15) is 4.79 Å². The Kier molecular flexibility index (Phi) is 8.47. The normalized spacial score (nSPS) is 12.1. The van der Waals surface area contributed by atoms with E-state index in [1.807, 2.05) is 32.9 Å². The topological polar surface area (TPSA) is 38.3 Å². The second-order valence-electron chi connectivity index (χ2n) is 8.70. The zero-order valence-corrected chi connectivity index (χ0v) is 17.1. The monoisotopic (exact) mass is 347 g/mol. The van der Waals surface area contributed by atoms with E-state index in [1.54, 1.807) is 0 Å². The number of benzene rings is 1. The van der Waals surface area contributed by atoms with Crippen molar-refractivity contribution < 1.29 is 9.53 Å². The fourth-order valence-electron chi connectivity index (χ4n) is 2.67. The van der Waals surface area contributed by atoms with Gasteiger partial charge in [-0.1, -0.05) is 51.2 Å². The number of carbonyl (C=O) groups is 1. The predicted molar refractivity (Wildman–Crippen MR) is 107 cm³/mol. The smallest absolute Gasteiger partial charge is 0.311 e. The van der Waals surface area contributed by atoms with Crippen LogP contribution in [0, 0.1) is 5.41 Å². The Morgan fingerprint density at radius 2 is 1.56 bits per heavy atom. The molecule has 0 aliphatic heterocycles. The van der Waals surface area contributed by atoms with Crippen molar-refractivity contribution in [3.8, 4) is 0 Å². The van der Waals surface area contributed by atoms with E-state index in [0.29, 0.717) is 6.61 Å². The lowest BCUT2D eigenvalue weighted by Gasteiger charge is -2.28. The molecule has 0 aromatic heterocycles. The number of hydrogen-bond donors (Lipinski definition) is 1. The summed E-state index contributed by atoms with van der Waals surface area (Å²) in [5.41, 5.74) is 1.76. The highest BCUT2D eigenvalue weighted by Gasteiger charge is 2.23. The molecule has 0 aliphatic carbocycles. The minimum Gasteiger partial charge on any atom is -0.460 e. The molecule has 0 heterocycles. The van der Waals surface area contributed by atoms with E-state index in [2.05, 4.69) is 38.2 Å². The van der Waals surface area contributed by atoms with Crippen LogP contribution >= 0.6 is 0 Å². The first-order chi connectivity index (χ1) is 11.6. The molecule has 0 aliphatic rings. The summed E-state index contributed by atoms with van der Waals surface area (Å²) in [6.45, 7) is 12.7. The van der Waals surface area contributed by atoms with Gasteiger partial charge >= 0.3 is 5.97 Å². The fourth-order valence-corrected chi connectivity index (χ4v) is 2.67. The Labute approximate surface area is 154 Å². The molecule has 0 spiro atoms. The summed E-state index contributed by atoms with van der Waals surface area (Å²) in [6, 6.07) is 8.18. The van der Waals surface area contributed by atoms with Crippen LogP contribution in [-0.4, -0.2) is 11.5 Å². The molecule has 0 saturated carbocycles. The van der Waals surface area contributed by atoms with E-state index in [1.165, 1.54) is 38.5 Å². The molecule has 0 unspecified atom stereocenters. The van der Waals surface area contributed by atoms with Gasteiger partial charge in [-0.15, -0.1) is 0 Å². The molecular formula is C22H37NO2. The molecule has 0 radical (unpaired) electrons. The Balaban J connectivity index is 2.43. The third kappa shape index (κ3) is 8.94. The molecule has 1 rings (SSSR count). The van der Waals surface area contributed by atoms with Gasteiger partial charge in [0.05, 0.1) is 5.41 Å². The zero-order chi connectivity index (χ0) is 18.9. The minimum atomic E-state index is -0.456. The third-order valence-corrected chi connectivity index (χ3v) is 4.32. The fraction of sp³-hybridized carbons (Fsp3) is 0.682. The Hall–Kier alpha value is -1.51. The Morgan fingerprint density at radius 1 is 0.960 bits per heavy atom. The van der Waals surface area contributed by atoms with Crippen molar-refractivity contribution in [2.24, 2.45) is 5.41 Å². The zero-order valence-electron chi connectivity index (χ0n) is 17.1. The number of carbonyl (C=O) groups excluding carboxylic acids is 1. The van der Waals surface area contributed by atoms with Gasteiger partial charge in [0, 0.05) is 11.2 Å². The second-order valence-corrected chi connectivity index (χ2v) is 8.70. The van der Waals surface area contributed by atoms with Crippen molar-refractivity contribution in [2.75, 3.05) is 5.32 Å². The summed E-state index contributed by atoms with van der Waals surface area (Å²) in [4.78, 5) is 11.8. The predicted octanol–water partition coefficient (Wildman–Crippen LogP) is 6.33. The highest BCUT2D eigenvalue weighted by Crippen LogP contribution is 2.22. The Bertz CT molecular complexity index is 512. The van der Waals surface area contributed by atoms with Gasteiger partial charge in [0.1, 0.15) is 6.61 Å². The molecule has 1 N–H and O–H groups in total. The molecule has 142 valence electrons. The van der Waals surface area contributed by atoms with Crippen LogP contribution in [-0.2, 0) is 16.1 Å². The summed E-state index contributed by atoms with van der Waals surface area (Å²) in [5.74, 6) is -0.168. The van der Waals surface area contributed by atoms with Crippen LogP contribution in [0.25, 0.3) is 0 Å². The van der Waals surface area contributed by atoms with Crippen LogP contribution in [0.4, 0.5) is 5.69 Å². The highest BCUT2D eigenvalue weighted by molar-refractivity contribution is 5.75. The van der Waals surface area contributed by atoms with Gasteiger partial charge in [-0.3, -0.25) is 4.79 Å². The lowest BCUT2D eigenvalue weighted by atomic mass is 9.95. The SMILES string of the molecule is CCCCCCCC(C)(C)Nc1ccc(COC(=O)C(C)(C)C)cc1. The van der Waals surface area contributed by atoms with Crippen molar-refractivity contribution in [1.82, 2.24) is 0 Å². The molecule has 1 aromatic rings. The van der Waals surface area contributed by atoms with Crippen molar-refractivity contribution in [3.05, 3.63) is 29.8 Å². The van der Waals surface area contributed by atoms with E-state index in [4.69, 9.17) is 4.74 Å². The number of rotatable bonds is 10. The standard InChI is InChI=1S/C22H37NO2/c1-7-8-9-10-11-16-22(5,6)23-19-14-12-18(13-15-19)17-25-20(24)21(2,3)4/h12-15,23H,7-11,16-17H2,1-6H3. The minimum absolute atomic E-state index is 0.0897. The molecule has 3 heteroatoms. The lowest BCUT2D eigenvalue weighted by molar-refractivity contribution is -0.154. The molecule has 0 fully saturated rings. The van der Waals surface area contributed by atoms with Crippen molar-refractivity contribution in [2.45, 2.75) is 92.2 Å². The maximum absolute atomic E-state index is 11.8. The van der Waals surface area contributed by atoms with Crippen LogP contribution in [0.5, 0.6) is 0 Å². The maximum Gasteiger partial charge on any atom is 0.311 e. The van der Waals surface area contributed by atoms with E-state index < -0.39 is 5.41 Å². The summed E-state index contributed by atoms with van der Waals surface area (Å²) in [7, 11) is 0.